The zero-order valence-corrected chi connectivity index (χ0v) is 8.74. The summed E-state index contributed by atoms with van der Waals surface area (Å²) < 4.78 is 12.6. The van der Waals surface area contributed by atoms with Gasteiger partial charge in [-0.15, -0.1) is 0 Å². The summed E-state index contributed by atoms with van der Waals surface area (Å²) in [6, 6.07) is 5.82. The van der Waals surface area contributed by atoms with E-state index in [0.717, 1.165) is 0 Å². The van der Waals surface area contributed by atoms with E-state index in [1.54, 1.807) is 12.1 Å². The van der Waals surface area contributed by atoms with Gasteiger partial charge in [0.05, 0.1) is 0 Å². The fourth-order valence-corrected chi connectivity index (χ4v) is 1.12. The second-order valence-corrected chi connectivity index (χ2v) is 3.17. The highest BCUT2D eigenvalue weighted by molar-refractivity contribution is 6.28. The summed E-state index contributed by atoms with van der Waals surface area (Å²) >= 11 is 5.57. The number of halogens is 2. The van der Waals surface area contributed by atoms with Crippen LogP contribution < -0.4 is 0 Å². The van der Waals surface area contributed by atoms with Gasteiger partial charge in [0, 0.05) is 5.56 Å². The van der Waals surface area contributed by atoms with Crippen molar-refractivity contribution in [2.24, 2.45) is 0 Å². The lowest BCUT2D eigenvalue weighted by molar-refractivity contribution is 0.627. The molecule has 0 N–H and O–H groups in total. The van der Waals surface area contributed by atoms with Crippen molar-refractivity contribution in [1.29, 1.82) is 0 Å². The number of hydrogen-bond acceptors (Lipinski definition) is 3. The van der Waals surface area contributed by atoms with Crippen LogP contribution in [0.3, 0.4) is 0 Å². The number of benzene rings is 1. The van der Waals surface area contributed by atoms with E-state index >= 15 is 0 Å². The maximum atomic E-state index is 12.6. The molecule has 1 heterocycles. The molecule has 2 rings (SSSR count). The molecule has 5 heteroatoms. The van der Waals surface area contributed by atoms with Crippen LogP contribution >= 0.6 is 11.6 Å². The molecule has 0 spiro atoms. The van der Waals surface area contributed by atoms with Crippen LogP contribution in [0, 0.1) is 17.7 Å². The minimum Gasteiger partial charge on any atom is -0.209 e. The molecule has 1 aromatic heterocycles. The van der Waals surface area contributed by atoms with Crippen LogP contribution in [0.25, 0.3) is 0 Å². The van der Waals surface area contributed by atoms with Gasteiger partial charge in [-0.25, -0.2) is 14.4 Å². The highest BCUT2D eigenvalue weighted by Crippen LogP contribution is 2.01. The van der Waals surface area contributed by atoms with Gasteiger partial charge >= 0.3 is 0 Å². The fraction of sp³-hybridized carbons (Fsp3) is 0. The molecule has 78 valence electrons. The van der Waals surface area contributed by atoms with Crippen molar-refractivity contribution in [2.75, 3.05) is 0 Å². The summed E-state index contributed by atoms with van der Waals surface area (Å²) in [6.45, 7) is 0. The Bertz CT molecular complexity index is 557. The normalized spacial score (nSPS) is 9.38. The third-order valence-corrected chi connectivity index (χ3v) is 1.89. The highest BCUT2D eigenvalue weighted by Gasteiger charge is 1.93. The van der Waals surface area contributed by atoms with Crippen molar-refractivity contribution in [3.05, 3.63) is 53.1 Å². The predicted molar refractivity (Wildman–Crippen MR) is 57.2 cm³/mol. The van der Waals surface area contributed by atoms with E-state index < -0.39 is 0 Å². The largest absolute Gasteiger partial charge is 0.226 e. The van der Waals surface area contributed by atoms with E-state index in [1.165, 1.54) is 18.5 Å². The van der Waals surface area contributed by atoms with Crippen molar-refractivity contribution in [2.45, 2.75) is 0 Å². The predicted octanol–water partition coefficient (Wildman–Crippen LogP) is 2.06. The molecule has 16 heavy (non-hydrogen) atoms. The monoisotopic (exact) mass is 233 g/mol. The summed E-state index contributed by atoms with van der Waals surface area (Å²) in [6.07, 6.45) is 1.28. The summed E-state index contributed by atoms with van der Waals surface area (Å²) in [5, 5.41) is 0.0957. The highest BCUT2D eigenvalue weighted by atomic mass is 35.5. The molecule has 3 nitrogen and oxygen atoms in total. The molecule has 0 fully saturated rings. The smallest absolute Gasteiger partial charge is 0.209 e. The maximum Gasteiger partial charge on any atom is 0.226 e. The Morgan fingerprint density at radius 3 is 2.50 bits per heavy atom. The quantitative estimate of drug-likeness (QED) is 0.654. The van der Waals surface area contributed by atoms with E-state index in [9.17, 15) is 4.39 Å². The first kappa shape index (κ1) is 10.5. The zero-order chi connectivity index (χ0) is 11.4. The molecule has 0 aliphatic carbocycles. The number of nitrogens with zero attached hydrogens (tertiary/aromatic N) is 3. The van der Waals surface area contributed by atoms with E-state index in [4.69, 9.17) is 11.6 Å². The van der Waals surface area contributed by atoms with Crippen LogP contribution in [0.5, 0.6) is 0 Å². The van der Waals surface area contributed by atoms with Gasteiger partial charge in [0.2, 0.25) is 11.1 Å². The van der Waals surface area contributed by atoms with Crippen molar-refractivity contribution in [1.82, 2.24) is 15.0 Å². The number of rotatable bonds is 0. The maximum absolute atomic E-state index is 12.6. The van der Waals surface area contributed by atoms with Crippen molar-refractivity contribution >= 4 is 11.6 Å². The topological polar surface area (TPSA) is 38.7 Å². The molecule has 0 saturated carbocycles. The summed E-state index contributed by atoms with van der Waals surface area (Å²) in [7, 11) is 0. The molecule has 0 aliphatic heterocycles. The first-order valence-electron chi connectivity index (χ1n) is 4.36. The van der Waals surface area contributed by atoms with Crippen LogP contribution in [0.15, 0.2) is 30.6 Å². The van der Waals surface area contributed by atoms with Crippen LogP contribution in [0.2, 0.25) is 5.28 Å². The standard InChI is InChI=1S/C11H5ClFN3/c12-11-15-7-14-10(16-11)6-3-8-1-4-9(13)5-2-8/h1-2,4-5,7H. The molecule has 0 atom stereocenters. The Kier molecular flexibility index (Phi) is 3.08. The van der Waals surface area contributed by atoms with Gasteiger partial charge in [0.1, 0.15) is 12.1 Å². The third-order valence-electron chi connectivity index (χ3n) is 1.71. The van der Waals surface area contributed by atoms with Gasteiger partial charge in [-0.05, 0) is 41.8 Å². The lowest BCUT2D eigenvalue weighted by Crippen LogP contribution is -1.90. The van der Waals surface area contributed by atoms with E-state index in [2.05, 4.69) is 26.8 Å². The Hall–Kier alpha value is -1.99. The van der Waals surface area contributed by atoms with Crippen molar-refractivity contribution < 1.29 is 4.39 Å². The van der Waals surface area contributed by atoms with Gasteiger partial charge in [-0.3, -0.25) is 0 Å². The van der Waals surface area contributed by atoms with Crippen LogP contribution in [-0.4, -0.2) is 15.0 Å². The van der Waals surface area contributed by atoms with Crippen molar-refractivity contribution in [3.63, 3.8) is 0 Å². The minimum atomic E-state index is -0.297. The van der Waals surface area contributed by atoms with Gasteiger partial charge < -0.3 is 0 Å². The molecule has 0 unspecified atom stereocenters. The molecule has 0 amide bonds. The van der Waals surface area contributed by atoms with Gasteiger partial charge in [-0.1, -0.05) is 5.92 Å². The molecule has 0 bridgehead atoms. The molecule has 1 aromatic carbocycles. The third kappa shape index (κ3) is 2.75. The van der Waals surface area contributed by atoms with Gasteiger partial charge in [0.15, 0.2) is 0 Å². The van der Waals surface area contributed by atoms with E-state index in [0.29, 0.717) is 5.56 Å². The first-order chi connectivity index (χ1) is 7.74. The van der Waals surface area contributed by atoms with E-state index in [-0.39, 0.29) is 16.9 Å². The summed E-state index contributed by atoms with van der Waals surface area (Å²) in [5.41, 5.74) is 0.679. The molecular weight excluding hydrogens is 229 g/mol. The Morgan fingerprint density at radius 2 is 1.81 bits per heavy atom. The fourth-order valence-electron chi connectivity index (χ4n) is 0.998. The van der Waals surface area contributed by atoms with E-state index in [1.807, 2.05) is 0 Å². The second kappa shape index (κ2) is 4.69. The molecule has 2 aromatic rings. The summed E-state index contributed by atoms with van der Waals surface area (Å²) in [4.78, 5) is 11.3. The molecule has 0 saturated heterocycles. The van der Waals surface area contributed by atoms with Crippen LogP contribution in [0.4, 0.5) is 4.39 Å². The van der Waals surface area contributed by atoms with Gasteiger partial charge in [0.25, 0.3) is 0 Å². The van der Waals surface area contributed by atoms with Crippen LogP contribution in [-0.2, 0) is 0 Å². The molecule has 0 radical (unpaired) electrons. The Balaban J connectivity index is 2.25. The van der Waals surface area contributed by atoms with Gasteiger partial charge in [-0.2, -0.15) is 4.98 Å². The van der Waals surface area contributed by atoms with Crippen LogP contribution in [0.1, 0.15) is 11.4 Å². The first-order valence-corrected chi connectivity index (χ1v) is 4.74. The number of aromatic nitrogens is 3. The lowest BCUT2D eigenvalue weighted by Gasteiger charge is -1.90. The average Bonchev–Trinajstić information content (AvgIpc) is 2.28. The zero-order valence-electron chi connectivity index (χ0n) is 7.98. The lowest BCUT2D eigenvalue weighted by atomic mass is 10.2. The average molecular weight is 234 g/mol. The number of hydrogen-bond donors (Lipinski definition) is 0. The molecule has 0 aliphatic rings. The SMILES string of the molecule is Fc1ccc(C#Cc2ncnc(Cl)n2)cc1. The second-order valence-electron chi connectivity index (χ2n) is 2.84. The Morgan fingerprint density at radius 1 is 1.06 bits per heavy atom. The minimum absolute atomic E-state index is 0.0957. The summed E-state index contributed by atoms with van der Waals surface area (Å²) in [5.74, 6) is 5.47. The Labute approximate surface area is 96.3 Å². The molecular formula is C11H5ClFN3. The van der Waals surface area contributed by atoms with Crippen molar-refractivity contribution in [3.8, 4) is 11.8 Å².